The lowest BCUT2D eigenvalue weighted by molar-refractivity contribution is 0.412. The van der Waals surface area contributed by atoms with E-state index in [4.69, 9.17) is 9.47 Å². The average Bonchev–Trinajstić information content (AvgIpc) is 2.73. The van der Waals surface area contributed by atoms with Crippen molar-refractivity contribution < 1.29 is 17.9 Å². The van der Waals surface area contributed by atoms with Crippen LogP contribution in [0.15, 0.2) is 71.9 Å². The van der Waals surface area contributed by atoms with Crippen LogP contribution in [0.5, 0.6) is 11.5 Å². The number of para-hydroxylation sites is 1. The van der Waals surface area contributed by atoms with Crippen LogP contribution in [0.3, 0.4) is 0 Å². The summed E-state index contributed by atoms with van der Waals surface area (Å²) in [4.78, 5) is 4.18. The van der Waals surface area contributed by atoms with Gasteiger partial charge in [0.15, 0.2) is 0 Å². The van der Waals surface area contributed by atoms with Gasteiger partial charge in [-0.25, -0.2) is 8.42 Å². The highest BCUT2D eigenvalue weighted by molar-refractivity contribution is 7.92. The van der Waals surface area contributed by atoms with E-state index in [9.17, 15) is 8.42 Å². The molecule has 2 aromatic carbocycles. The molecule has 7 heteroatoms. The Hall–Kier alpha value is -3.32. The Morgan fingerprint density at radius 2 is 1.61 bits per heavy atom. The highest BCUT2D eigenvalue weighted by Gasteiger charge is 2.15. The van der Waals surface area contributed by atoms with E-state index in [0.717, 1.165) is 11.1 Å². The zero-order chi connectivity index (χ0) is 20.0. The van der Waals surface area contributed by atoms with E-state index in [2.05, 4.69) is 9.71 Å². The minimum atomic E-state index is -3.73. The molecule has 0 aliphatic carbocycles. The molecule has 0 atom stereocenters. The summed E-state index contributed by atoms with van der Waals surface area (Å²) in [5.41, 5.74) is 2.03. The van der Waals surface area contributed by atoms with Crippen molar-refractivity contribution in [1.82, 2.24) is 4.98 Å². The summed E-state index contributed by atoms with van der Waals surface area (Å²) in [5, 5.41) is 0. The van der Waals surface area contributed by atoms with Crippen LogP contribution in [0.2, 0.25) is 0 Å². The Kier molecular flexibility index (Phi) is 5.96. The number of nitrogens with one attached hydrogen (secondary N) is 1. The average molecular weight is 396 g/mol. The van der Waals surface area contributed by atoms with Gasteiger partial charge in [-0.15, -0.1) is 0 Å². The second-order valence-electron chi connectivity index (χ2n) is 5.82. The van der Waals surface area contributed by atoms with E-state index in [-0.39, 0.29) is 4.90 Å². The second kappa shape index (κ2) is 8.58. The molecule has 28 heavy (non-hydrogen) atoms. The van der Waals surface area contributed by atoms with Crippen LogP contribution in [0, 0.1) is 0 Å². The summed E-state index contributed by atoms with van der Waals surface area (Å²) in [5.74, 6) is 1.23. The van der Waals surface area contributed by atoms with Gasteiger partial charge in [0.2, 0.25) is 0 Å². The standard InChI is InChI=1S/C21H20N2O4S/c1-26-18-9-11-19(12-10-18)28(24,25)23-20-6-4-3-5-16(20)7-8-17-13-14-22-15-21(17)27-2/h3-15,23H,1-2H3. The number of hydrogen-bond donors (Lipinski definition) is 1. The van der Waals surface area contributed by atoms with E-state index < -0.39 is 10.0 Å². The fourth-order valence-electron chi connectivity index (χ4n) is 2.57. The number of ether oxygens (including phenoxy) is 2. The summed E-state index contributed by atoms with van der Waals surface area (Å²) in [6.45, 7) is 0. The number of aromatic nitrogens is 1. The van der Waals surface area contributed by atoms with Gasteiger partial charge < -0.3 is 9.47 Å². The lowest BCUT2D eigenvalue weighted by Gasteiger charge is -2.11. The molecular weight excluding hydrogens is 376 g/mol. The number of anilines is 1. The maximum absolute atomic E-state index is 12.7. The second-order valence-corrected chi connectivity index (χ2v) is 7.50. The van der Waals surface area contributed by atoms with E-state index in [1.807, 2.05) is 30.4 Å². The zero-order valence-corrected chi connectivity index (χ0v) is 16.3. The first-order chi connectivity index (χ1) is 13.5. The van der Waals surface area contributed by atoms with E-state index in [0.29, 0.717) is 17.2 Å². The number of hydrogen-bond acceptors (Lipinski definition) is 5. The third-order valence-electron chi connectivity index (χ3n) is 4.05. The molecule has 6 nitrogen and oxygen atoms in total. The molecule has 0 saturated carbocycles. The zero-order valence-electron chi connectivity index (χ0n) is 15.5. The van der Waals surface area contributed by atoms with Crippen molar-refractivity contribution in [2.45, 2.75) is 4.90 Å². The Bertz CT molecular complexity index is 1080. The lowest BCUT2D eigenvalue weighted by Crippen LogP contribution is -2.13. The quantitative estimate of drug-likeness (QED) is 0.651. The SMILES string of the molecule is COc1ccc(S(=O)(=O)Nc2ccccc2C=Cc2ccncc2OC)cc1. The maximum atomic E-state index is 12.7. The first-order valence-corrected chi connectivity index (χ1v) is 9.94. The van der Waals surface area contributed by atoms with Crippen LogP contribution in [-0.4, -0.2) is 27.6 Å². The van der Waals surface area contributed by atoms with Gasteiger partial charge in [0.25, 0.3) is 10.0 Å². The van der Waals surface area contributed by atoms with Crippen molar-refractivity contribution in [3.8, 4) is 11.5 Å². The van der Waals surface area contributed by atoms with Gasteiger partial charge in [-0.1, -0.05) is 30.4 Å². The molecule has 0 saturated heterocycles. The highest BCUT2D eigenvalue weighted by atomic mass is 32.2. The molecule has 0 radical (unpaired) electrons. The molecule has 0 aliphatic heterocycles. The third-order valence-corrected chi connectivity index (χ3v) is 5.44. The number of methoxy groups -OCH3 is 2. The molecule has 3 rings (SSSR count). The van der Waals surface area contributed by atoms with Crippen molar-refractivity contribution in [3.63, 3.8) is 0 Å². The third kappa shape index (κ3) is 4.50. The number of sulfonamides is 1. The predicted molar refractivity (Wildman–Crippen MR) is 110 cm³/mol. The van der Waals surface area contributed by atoms with Crippen molar-refractivity contribution in [2.75, 3.05) is 18.9 Å². The largest absolute Gasteiger partial charge is 0.497 e. The summed E-state index contributed by atoms with van der Waals surface area (Å²) >= 11 is 0. The number of benzene rings is 2. The highest BCUT2D eigenvalue weighted by Crippen LogP contribution is 2.25. The minimum absolute atomic E-state index is 0.155. The normalized spacial score (nSPS) is 11.4. The number of pyridine rings is 1. The number of rotatable bonds is 7. The van der Waals surface area contributed by atoms with Crippen molar-refractivity contribution in [2.24, 2.45) is 0 Å². The molecule has 1 N–H and O–H groups in total. The summed E-state index contributed by atoms with van der Waals surface area (Å²) in [6, 6.07) is 15.2. The molecule has 0 unspecified atom stereocenters. The molecule has 0 amide bonds. The van der Waals surface area contributed by atoms with Crippen LogP contribution >= 0.6 is 0 Å². The smallest absolute Gasteiger partial charge is 0.261 e. The summed E-state index contributed by atoms with van der Waals surface area (Å²) in [7, 11) is -0.626. The maximum Gasteiger partial charge on any atom is 0.261 e. The molecule has 144 valence electrons. The van der Waals surface area contributed by atoms with E-state index in [1.54, 1.807) is 43.8 Å². The Labute approximate surface area is 164 Å². The van der Waals surface area contributed by atoms with Crippen molar-refractivity contribution >= 4 is 27.9 Å². The van der Waals surface area contributed by atoms with Gasteiger partial charge in [-0.2, -0.15) is 0 Å². The van der Waals surface area contributed by atoms with Crippen LogP contribution in [0.4, 0.5) is 5.69 Å². The molecule has 0 fully saturated rings. The molecular formula is C21H20N2O4S. The number of nitrogens with zero attached hydrogens (tertiary/aromatic N) is 1. The van der Waals surface area contributed by atoms with Gasteiger partial charge in [-0.3, -0.25) is 9.71 Å². The Morgan fingerprint density at radius 3 is 2.32 bits per heavy atom. The van der Waals surface area contributed by atoms with Crippen LogP contribution in [-0.2, 0) is 10.0 Å². The molecule has 0 aliphatic rings. The van der Waals surface area contributed by atoms with Crippen LogP contribution in [0.25, 0.3) is 12.2 Å². The van der Waals surface area contributed by atoms with E-state index in [1.165, 1.54) is 19.2 Å². The first-order valence-electron chi connectivity index (χ1n) is 8.45. The van der Waals surface area contributed by atoms with Gasteiger partial charge in [-0.05, 0) is 42.0 Å². The first kappa shape index (κ1) is 19.4. The molecule has 3 aromatic rings. The van der Waals surface area contributed by atoms with Gasteiger partial charge in [0, 0.05) is 11.8 Å². The van der Waals surface area contributed by atoms with E-state index >= 15 is 0 Å². The molecule has 0 spiro atoms. The monoisotopic (exact) mass is 396 g/mol. The Morgan fingerprint density at radius 1 is 0.893 bits per heavy atom. The summed E-state index contributed by atoms with van der Waals surface area (Å²) in [6.07, 6.45) is 6.96. The predicted octanol–water partition coefficient (Wildman–Crippen LogP) is 4.07. The molecule has 0 bridgehead atoms. The fraction of sp³-hybridized carbons (Fsp3) is 0.0952. The topological polar surface area (TPSA) is 77.5 Å². The Balaban J connectivity index is 1.88. The van der Waals surface area contributed by atoms with Crippen LogP contribution in [0.1, 0.15) is 11.1 Å². The van der Waals surface area contributed by atoms with Crippen molar-refractivity contribution in [3.05, 3.63) is 78.1 Å². The van der Waals surface area contributed by atoms with Gasteiger partial charge in [0.1, 0.15) is 11.5 Å². The minimum Gasteiger partial charge on any atom is -0.497 e. The lowest BCUT2D eigenvalue weighted by atomic mass is 10.1. The van der Waals surface area contributed by atoms with Crippen molar-refractivity contribution in [1.29, 1.82) is 0 Å². The van der Waals surface area contributed by atoms with Crippen LogP contribution < -0.4 is 14.2 Å². The fourth-order valence-corrected chi connectivity index (χ4v) is 3.66. The summed E-state index contributed by atoms with van der Waals surface area (Å²) < 4.78 is 38.4. The van der Waals surface area contributed by atoms with Gasteiger partial charge >= 0.3 is 0 Å². The molecule has 1 aromatic heterocycles. The molecule has 1 heterocycles. The van der Waals surface area contributed by atoms with Gasteiger partial charge in [0.05, 0.1) is 31.0 Å².